The van der Waals surface area contributed by atoms with Crippen molar-refractivity contribution in [3.8, 4) is 0 Å². The highest BCUT2D eigenvalue weighted by molar-refractivity contribution is 9.10. The van der Waals surface area contributed by atoms with Gasteiger partial charge in [-0.1, -0.05) is 6.42 Å². The second-order valence-corrected chi connectivity index (χ2v) is 5.21. The molecule has 1 aliphatic rings. The molecule has 0 bridgehead atoms. The number of hydrogen-bond acceptors (Lipinski definition) is 3. The van der Waals surface area contributed by atoms with Crippen molar-refractivity contribution in [2.75, 3.05) is 11.9 Å². The van der Waals surface area contributed by atoms with Crippen LogP contribution in [0.4, 0.5) is 5.82 Å². The van der Waals surface area contributed by atoms with E-state index in [2.05, 4.69) is 33.2 Å². The molecule has 88 valence electrons. The van der Waals surface area contributed by atoms with Crippen molar-refractivity contribution >= 4 is 21.7 Å². The molecule has 16 heavy (non-hydrogen) atoms. The molecule has 2 N–H and O–H groups in total. The van der Waals surface area contributed by atoms with Gasteiger partial charge in [0.1, 0.15) is 5.82 Å². The number of aliphatic hydroxyl groups excluding tert-OH is 1. The molecule has 2 atom stereocenters. The Hall–Kier alpha value is -0.610. The molecule has 4 heteroatoms. The van der Waals surface area contributed by atoms with Crippen LogP contribution >= 0.6 is 15.9 Å². The molecule has 0 amide bonds. The molecule has 1 heterocycles. The van der Waals surface area contributed by atoms with Crippen LogP contribution in [0.3, 0.4) is 0 Å². The largest absolute Gasteiger partial charge is 0.396 e. The smallest absolute Gasteiger partial charge is 0.140 e. The minimum Gasteiger partial charge on any atom is -0.396 e. The van der Waals surface area contributed by atoms with E-state index in [9.17, 15) is 5.11 Å². The van der Waals surface area contributed by atoms with E-state index in [1.807, 2.05) is 12.3 Å². The molecule has 2 unspecified atom stereocenters. The van der Waals surface area contributed by atoms with Crippen LogP contribution in [0.2, 0.25) is 0 Å². The number of nitrogens with one attached hydrogen (secondary N) is 1. The molecule has 1 aromatic rings. The Balaban J connectivity index is 2.11. The molecule has 0 spiro atoms. The predicted molar refractivity (Wildman–Crippen MR) is 68.5 cm³/mol. The van der Waals surface area contributed by atoms with Crippen molar-refractivity contribution in [2.24, 2.45) is 5.92 Å². The number of aromatic nitrogens is 1. The lowest BCUT2D eigenvalue weighted by atomic mass is 10.1. The molecule has 0 radical (unpaired) electrons. The first-order chi connectivity index (χ1) is 7.72. The topological polar surface area (TPSA) is 45.2 Å². The number of halogens is 1. The summed E-state index contributed by atoms with van der Waals surface area (Å²) in [6, 6.07) is 2.34. The van der Waals surface area contributed by atoms with Crippen molar-refractivity contribution in [3.05, 3.63) is 22.3 Å². The Kier molecular flexibility index (Phi) is 3.82. The number of hydrogen-bond donors (Lipinski definition) is 2. The highest BCUT2D eigenvalue weighted by Crippen LogP contribution is 2.30. The number of aliphatic hydroxyl groups is 1. The fraction of sp³-hybridized carbons (Fsp3) is 0.583. The predicted octanol–water partition coefficient (Wildman–Crippen LogP) is 2.73. The minimum atomic E-state index is 0.265. The molecule has 0 aromatic carbocycles. The van der Waals surface area contributed by atoms with Crippen LogP contribution in [-0.2, 0) is 0 Å². The van der Waals surface area contributed by atoms with Crippen LogP contribution in [0, 0.1) is 12.8 Å². The van der Waals surface area contributed by atoms with Crippen LogP contribution in [-0.4, -0.2) is 22.7 Å². The maximum absolute atomic E-state index is 9.27. The van der Waals surface area contributed by atoms with Gasteiger partial charge in [-0.3, -0.25) is 0 Å². The van der Waals surface area contributed by atoms with Gasteiger partial charge in [0.2, 0.25) is 0 Å². The van der Waals surface area contributed by atoms with Crippen LogP contribution in [0.25, 0.3) is 0 Å². The van der Waals surface area contributed by atoms with Crippen LogP contribution in [0.1, 0.15) is 24.8 Å². The molecule has 3 nitrogen and oxygen atoms in total. The van der Waals surface area contributed by atoms with Gasteiger partial charge in [-0.15, -0.1) is 0 Å². The van der Waals surface area contributed by atoms with Gasteiger partial charge in [0.25, 0.3) is 0 Å². The van der Waals surface area contributed by atoms with E-state index in [4.69, 9.17) is 0 Å². The summed E-state index contributed by atoms with van der Waals surface area (Å²) in [5.41, 5.74) is 1.18. The zero-order valence-corrected chi connectivity index (χ0v) is 11.0. The molecular formula is C12H17BrN2O. The number of anilines is 1. The van der Waals surface area contributed by atoms with E-state index in [1.54, 1.807) is 0 Å². The number of nitrogens with zero attached hydrogens (tertiary/aromatic N) is 1. The Labute approximate surface area is 104 Å². The van der Waals surface area contributed by atoms with Gasteiger partial charge in [0, 0.05) is 24.8 Å². The van der Waals surface area contributed by atoms with Gasteiger partial charge in [0.05, 0.1) is 4.47 Å². The average molecular weight is 285 g/mol. The van der Waals surface area contributed by atoms with Crippen LogP contribution in [0.15, 0.2) is 16.7 Å². The van der Waals surface area contributed by atoms with Crippen molar-refractivity contribution in [1.82, 2.24) is 4.98 Å². The van der Waals surface area contributed by atoms with Gasteiger partial charge in [-0.2, -0.15) is 0 Å². The third-order valence-electron chi connectivity index (χ3n) is 3.30. The van der Waals surface area contributed by atoms with Gasteiger partial charge < -0.3 is 10.4 Å². The second-order valence-electron chi connectivity index (χ2n) is 4.41. The Morgan fingerprint density at radius 2 is 2.38 bits per heavy atom. The standard InChI is InChI=1S/C12H17BrN2O/c1-8-5-6-14-12(11(8)13)15-10-4-2-3-9(10)7-16/h5-6,9-10,16H,2-4,7H2,1H3,(H,14,15). The van der Waals surface area contributed by atoms with Crippen molar-refractivity contribution in [2.45, 2.75) is 32.2 Å². The van der Waals surface area contributed by atoms with E-state index < -0.39 is 0 Å². The normalized spacial score (nSPS) is 24.7. The lowest BCUT2D eigenvalue weighted by molar-refractivity contribution is 0.222. The SMILES string of the molecule is Cc1ccnc(NC2CCCC2CO)c1Br. The van der Waals surface area contributed by atoms with Gasteiger partial charge >= 0.3 is 0 Å². The first-order valence-electron chi connectivity index (χ1n) is 5.71. The lowest BCUT2D eigenvalue weighted by Gasteiger charge is -2.20. The monoisotopic (exact) mass is 284 g/mol. The highest BCUT2D eigenvalue weighted by Gasteiger charge is 2.27. The van der Waals surface area contributed by atoms with Gasteiger partial charge in [0.15, 0.2) is 0 Å². The van der Waals surface area contributed by atoms with Crippen LogP contribution < -0.4 is 5.32 Å². The minimum absolute atomic E-state index is 0.265. The van der Waals surface area contributed by atoms with Gasteiger partial charge in [-0.25, -0.2) is 4.98 Å². The second kappa shape index (κ2) is 5.15. The first-order valence-corrected chi connectivity index (χ1v) is 6.50. The molecule has 0 aliphatic heterocycles. The molecule has 0 saturated heterocycles. The Morgan fingerprint density at radius 3 is 3.12 bits per heavy atom. The maximum Gasteiger partial charge on any atom is 0.140 e. The zero-order valence-electron chi connectivity index (χ0n) is 9.41. The lowest BCUT2D eigenvalue weighted by Crippen LogP contribution is -2.27. The Morgan fingerprint density at radius 1 is 1.56 bits per heavy atom. The average Bonchev–Trinajstić information content (AvgIpc) is 2.72. The van der Waals surface area contributed by atoms with E-state index >= 15 is 0 Å². The summed E-state index contributed by atoms with van der Waals surface area (Å²) in [5.74, 6) is 1.26. The van der Waals surface area contributed by atoms with E-state index in [-0.39, 0.29) is 6.61 Å². The van der Waals surface area contributed by atoms with Crippen molar-refractivity contribution in [3.63, 3.8) is 0 Å². The summed E-state index contributed by atoms with van der Waals surface area (Å²) in [5, 5.41) is 12.7. The zero-order chi connectivity index (χ0) is 11.5. The van der Waals surface area contributed by atoms with Crippen LogP contribution in [0.5, 0.6) is 0 Å². The Bertz CT molecular complexity index is 370. The van der Waals surface area contributed by atoms with E-state index in [0.717, 1.165) is 23.1 Å². The molecular weight excluding hydrogens is 268 g/mol. The van der Waals surface area contributed by atoms with Crippen molar-refractivity contribution in [1.29, 1.82) is 0 Å². The summed E-state index contributed by atoms with van der Waals surface area (Å²) < 4.78 is 1.03. The third-order valence-corrected chi connectivity index (χ3v) is 4.30. The van der Waals surface area contributed by atoms with Gasteiger partial charge in [-0.05, 0) is 47.3 Å². The van der Waals surface area contributed by atoms with E-state index in [0.29, 0.717) is 12.0 Å². The van der Waals surface area contributed by atoms with E-state index in [1.165, 1.54) is 12.0 Å². The summed E-state index contributed by atoms with van der Waals surface area (Å²) in [6.07, 6.45) is 5.22. The highest BCUT2D eigenvalue weighted by atomic mass is 79.9. The summed E-state index contributed by atoms with van der Waals surface area (Å²) in [7, 11) is 0. The molecule has 1 aliphatic carbocycles. The summed E-state index contributed by atoms with van der Waals surface area (Å²) >= 11 is 3.54. The summed E-state index contributed by atoms with van der Waals surface area (Å²) in [6.45, 7) is 2.32. The number of pyridine rings is 1. The molecule has 1 aromatic heterocycles. The molecule has 2 rings (SSSR count). The van der Waals surface area contributed by atoms with Crippen molar-refractivity contribution < 1.29 is 5.11 Å². The summed E-state index contributed by atoms with van der Waals surface area (Å²) in [4.78, 5) is 4.33. The third kappa shape index (κ3) is 2.38. The first kappa shape index (κ1) is 11.9. The quantitative estimate of drug-likeness (QED) is 0.897. The number of rotatable bonds is 3. The maximum atomic E-state index is 9.27. The molecule has 1 fully saturated rings. The fourth-order valence-electron chi connectivity index (χ4n) is 2.26. The number of aryl methyl sites for hydroxylation is 1. The molecule has 1 saturated carbocycles. The fourth-order valence-corrected chi connectivity index (χ4v) is 2.61.